The van der Waals surface area contributed by atoms with Gasteiger partial charge in [0.2, 0.25) is 0 Å². The Morgan fingerprint density at radius 1 is 1.22 bits per heavy atom. The fourth-order valence-electron chi connectivity index (χ4n) is 2.66. The summed E-state index contributed by atoms with van der Waals surface area (Å²) in [6.07, 6.45) is 0. The highest BCUT2D eigenvalue weighted by Crippen LogP contribution is 2.29. The number of nitrogens with one attached hydrogen (secondary N) is 3. The lowest BCUT2D eigenvalue weighted by atomic mass is 10.1. The molecule has 0 saturated heterocycles. The van der Waals surface area contributed by atoms with Gasteiger partial charge in [-0.15, -0.1) is 11.3 Å². The van der Waals surface area contributed by atoms with Gasteiger partial charge in [0.05, 0.1) is 28.8 Å². The van der Waals surface area contributed by atoms with Gasteiger partial charge in [0.15, 0.2) is 5.13 Å². The minimum absolute atomic E-state index is 0.0887. The minimum Gasteiger partial charge on any atom is -0.507 e. The van der Waals surface area contributed by atoms with Gasteiger partial charge < -0.3 is 15.4 Å². The van der Waals surface area contributed by atoms with Crippen molar-refractivity contribution in [2.24, 2.45) is 0 Å². The van der Waals surface area contributed by atoms with Crippen molar-refractivity contribution in [2.75, 3.05) is 5.32 Å². The van der Waals surface area contributed by atoms with Gasteiger partial charge in [-0.2, -0.15) is 0 Å². The topological polar surface area (TPSA) is 103 Å². The highest BCUT2D eigenvalue weighted by Gasteiger charge is 2.13. The Morgan fingerprint density at radius 3 is 2.89 bits per heavy atom. The van der Waals surface area contributed by atoms with Gasteiger partial charge in [-0.1, -0.05) is 12.1 Å². The number of rotatable bonds is 5. The molecule has 2 heterocycles. The number of para-hydroxylation sites is 2. The van der Waals surface area contributed by atoms with E-state index in [9.17, 15) is 9.90 Å². The highest BCUT2D eigenvalue weighted by atomic mass is 79.9. The Balaban J connectivity index is 1.51. The van der Waals surface area contributed by atoms with E-state index in [4.69, 9.17) is 0 Å². The summed E-state index contributed by atoms with van der Waals surface area (Å²) < 4.78 is 2.33. The predicted molar refractivity (Wildman–Crippen MR) is 109 cm³/mol. The van der Waals surface area contributed by atoms with Gasteiger partial charge in [-0.3, -0.25) is 9.14 Å². The first-order valence-electron chi connectivity index (χ1n) is 8.01. The first-order valence-corrected chi connectivity index (χ1v) is 9.68. The summed E-state index contributed by atoms with van der Waals surface area (Å²) in [6, 6.07) is 12.7. The number of benzene rings is 2. The standard InChI is InChI=1S/C18H14BrN5O2S/c19-24-17(26)11-7-10(5-6-15(11)25)14-9-27-18(23-14)20-8-16-21-12-3-1-2-4-13(12)22-16/h1-7,9,25H,8H2,(H,20,23)(H,21,22)(H,24,26). The van der Waals surface area contributed by atoms with Crippen LogP contribution in [0.5, 0.6) is 5.75 Å². The zero-order chi connectivity index (χ0) is 18.8. The first kappa shape index (κ1) is 17.5. The van der Waals surface area contributed by atoms with Crippen molar-refractivity contribution in [1.82, 2.24) is 19.3 Å². The van der Waals surface area contributed by atoms with E-state index < -0.39 is 5.91 Å². The Morgan fingerprint density at radius 2 is 2.07 bits per heavy atom. The van der Waals surface area contributed by atoms with Crippen LogP contribution in [0.15, 0.2) is 47.8 Å². The molecule has 0 aliphatic rings. The molecule has 0 radical (unpaired) electrons. The normalized spacial score (nSPS) is 10.9. The lowest BCUT2D eigenvalue weighted by Gasteiger charge is -2.04. The predicted octanol–water partition coefficient (Wildman–Crippen LogP) is 4.04. The monoisotopic (exact) mass is 443 g/mol. The fraction of sp³-hybridized carbons (Fsp3) is 0.0556. The van der Waals surface area contributed by atoms with Crippen LogP contribution in [0.2, 0.25) is 0 Å². The van der Waals surface area contributed by atoms with Crippen molar-refractivity contribution < 1.29 is 9.90 Å². The number of phenols is 1. The van der Waals surface area contributed by atoms with Gasteiger partial charge in [-0.25, -0.2) is 9.97 Å². The largest absolute Gasteiger partial charge is 0.507 e. The van der Waals surface area contributed by atoms with E-state index >= 15 is 0 Å². The van der Waals surface area contributed by atoms with E-state index in [1.165, 1.54) is 17.4 Å². The van der Waals surface area contributed by atoms with E-state index in [1.54, 1.807) is 12.1 Å². The summed E-state index contributed by atoms with van der Waals surface area (Å²) in [4.78, 5) is 24.1. The molecule has 0 unspecified atom stereocenters. The molecule has 0 fully saturated rings. The summed E-state index contributed by atoms with van der Waals surface area (Å²) in [6.45, 7) is 0.522. The number of anilines is 1. The zero-order valence-corrected chi connectivity index (χ0v) is 16.3. The molecule has 136 valence electrons. The van der Waals surface area contributed by atoms with Crippen LogP contribution in [0.25, 0.3) is 22.3 Å². The van der Waals surface area contributed by atoms with Crippen LogP contribution < -0.4 is 9.66 Å². The summed E-state index contributed by atoms with van der Waals surface area (Å²) in [5, 5.41) is 15.7. The van der Waals surface area contributed by atoms with Gasteiger partial charge in [0, 0.05) is 27.1 Å². The third-order valence-corrected chi connectivity index (χ3v) is 5.13. The van der Waals surface area contributed by atoms with Crippen LogP contribution in [0.1, 0.15) is 16.2 Å². The maximum Gasteiger partial charge on any atom is 0.264 e. The SMILES string of the molecule is O=C(NBr)c1cc(-c2csc(NCc3nc4ccccc4[nH]3)n2)ccc1O. The first-order chi connectivity index (χ1) is 13.1. The molecule has 0 aliphatic heterocycles. The number of halogens is 1. The highest BCUT2D eigenvalue weighted by molar-refractivity contribution is 9.08. The minimum atomic E-state index is -0.423. The number of hydrogen-bond donors (Lipinski definition) is 4. The number of phenolic OH excluding ortho intramolecular Hbond substituents is 1. The third-order valence-electron chi connectivity index (χ3n) is 3.97. The molecule has 0 saturated carbocycles. The Hall–Kier alpha value is -2.91. The van der Waals surface area contributed by atoms with E-state index in [0.29, 0.717) is 6.54 Å². The molecule has 4 aromatic rings. The lowest BCUT2D eigenvalue weighted by Crippen LogP contribution is -2.12. The number of hydrogen-bond acceptors (Lipinski definition) is 6. The van der Waals surface area contributed by atoms with E-state index in [0.717, 1.165) is 33.2 Å². The molecule has 4 N–H and O–H groups in total. The summed E-state index contributed by atoms with van der Waals surface area (Å²) in [7, 11) is 0. The number of aromatic amines is 1. The number of H-pyrrole nitrogens is 1. The van der Waals surface area contributed by atoms with Gasteiger partial charge in [0.25, 0.3) is 5.91 Å². The summed E-state index contributed by atoms with van der Waals surface area (Å²) >= 11 is 4.34. The molecular formula is C18H14BrN5O2S. The number of nitrogens with zero attached hydrogens (tertiary/aromatic N) is 2. The van der Waals surface area contributed by atoms with Crippen LogP contribution in [0, 0.1) is 0 Å². The summed E-state index contributed by atoms with van der Waals surface area (Å²) in [5.41, 5.74) is 3.56. The number of aromatic nitrogens is 3. The maximum atomic E-state index is 11.8. The summed E-state index contributed by atoms with van der Waals surface area (Å²) in [5.74, 6) is 0.316. The number of carbonyl (C=O) groups is 1. The molecule has 2 aromatic carbocycles. The number of fused-ring (bicyclic) bond motifs is 1. The molecule has 9 heteroatoms. The third kappa shape index (κ3) is 3.64. The number of thiazole rings is 1. The maximum absolute atomic E-state index is 11.8. The van der Waals surface area contributed by atoms with Crippen LogP contribution in [-0.4, -0.2) is 26.0 Å². The second-order valence-corrected chi connectivity index (χ2v) is 7.00. The number of carbonyl (C=O) groups excluding carboxylic acids is 1. The number of aromatic hydroxyl groups is 1. The van der Waals surface area contributed by atoms with Crippen molar-refractivity contribution >= 4 is 49.6 Å². The second kappa shape index (κ2) is 7.37. The molecule has 4 rings (SSSR count). The molecule has 0 spiro atoms. The van der Waals surface area contributed by atoms with Crippen molar-refractivity contribution in [3.63, 3.8) is 0 Å². The Labute approximate surface area is 166 Å². The molecule has 0 atom stereocenters. The molecule has 7 nitrogen and oxygen atoms in total. The Kier molecular flexibility index (Phi) is 4.78. The van der Waals surface area contributed by atoms with Crippen LogP contribution in [-0.2, 0) is 6.54 Å². The number of imidazole rings is 1. The zero-order valence-electron chi connectivity index (χ0n) is 13.9. The molecule has 27 heavy (non-hydrogen) atoms. The average Bonchev–Trinajstić information content (AvgIpc) is 3.32. The fourth-order valence-corrected chi connectivity index (χ4v) is 3.60. The molecule has 2 aromatic heterocycles. The van der Waals surface area contributed by atoms with Gasteiger partial charge in [-0.05, 0) is 30.3 Å². The van der Waals surface area contributed by atoms with E-state index in [2.05, 4.69) is 40.8 Å². The Bertz CT molecular complexity index is 1090. The van der Waals surface area contributed by atoms with E-state index in [1.807, 2.05) is 29.6 Å². The van der Waals surface area contributed by atoms with Crippen molar-refractivity contribution in [1.29, 1.82) is 0 Å². The van der Waals surface area contributed by atoms with Crippen molar-refractivity contribution in [3.05, 3.63) is 59.2 Å². The van der Waals surface area contributed by atoms with Gasteiger partial charge >= 0.3 is 0 Å². The van der Waals surface area contributed by atoms with Crippen molar-refractivity contribution in [3.8, 4) is 17.0 Å². The molecular weight excluding hydrogens is 430 g/mol. The quantitative estimate of drug-likeness (QED) is 0.348. The lowest BCUT2D eigenvalue weighted by molar-refractivity contribution is 0.0984. The van der Waals surface area contributed by atoms with Crippen molar-refractivity contribution in [2.45, 2.75) is 6.54 Å². The van der Waals surface area contributed by atoms with Gasteiger partial charge in [0.1, 0.15) is 11.6 Å². The van der Waals surface area contributed by atoms with E-state index in [-0.39, 0.29) is 11.3 Å². The van der Waals surface area contributed by atoms with Crippen LogP contribution >= 0.6 is 27.5 Å². The molecule has 1 amide bonds. The van der Waals surface area contributed by atoms with Crippen LogP contribution in [0.4, 0.5) is 5.13 Å². The smallest absolute Gasteiger partial charge is 0.264 e. The van der Waals surface area contributed by atoms with Crippen LogP contribution in [0.3, 0.4) is 0 Å². The number of amides is 1. The average molecular weight is 444 g/mol. The second-order valence-electron chi connectivity index (χ2n) is 5.75. The molecule has 0 aliphatic carbocycles. The molecule has 0 bridgehead atoms.